The zero-order chi connectivity index (χ0) is 16.1. The number of aromatic nitrogens is 3. The third kappa shape index (κ3) is 3.93. The number of anilines is 1. The van der Waals surface area contributed by atoms with Crippen molar-refractivity contribution >= 4 is 23.4 Å². The van der Waals surface area contributed by atoms with Gasteiger partial charge in [-0.3, -0.25) is 4.79 Å². The summed E-state index contributed by atoms with van der Waals surface area (Å²) >= 11 is 1.46. The van der Waals surface area contributed by atoms with Crippen molar-refractivity contribution in [1.29, 1.82) is 0 Å². The molecule has 1 aromatic heterocycles. The van der Waals surface area contributed by atoms with Gasteiger partial charge in [0.05, 0.1) is 5.75 Å². The molecule has 5 nitrogen and oxygen atoms in total. The first-order valence-corrected chi connectivity index (χ1v) is 9.17. The van der Waals surface area contributed by atoms with Crippen LogP contribution in [0.3, 0.4) is 0 Å². The number of amides is 1. The van der Waals surface area contributed by atoms with Crippen molar-refractivity contribution in [1.82, 2.24) is 14.8 Å². The van der Waals surface area contributed by atoms with E-state index < -0.39 is 0 Å². The Morgan fingerprint density at radius 2 is 2.00 bits per heavy atom. The predicted octanol–water partition coefficient (Wildman–Crippen LogP) is 3.69. The van der Waals surface area contributed by atoms with Crippen molar-refractivity contribution in [2.75, 3.05) is 11.1 Å². The van der Waals surface area contributed by atoms with Crippen molar-refractivity contribution in [2.24, 2.45) is 0 Å². The summed E-state index contributed by atoms with van der Waals surface area (Å²) in [6.07, 6.45) is 4.97. The SMILES string of the molecule is CCn1c(SCC(=O)Nc2ccccc2)nnc1C1CCCC1. The van der Waals surface area contributed by atoms with E-state index in [1.165, 1.54) is 37.4 Å². The maximum absolute atomic E-state index is 12.1. The van der Waals surface area contributed by atoms with Gasteiger partial charge in [-0.25, -0.2) is 0 Å². The van der Waals surface area contributed by atoms with Crippen LogP contribution >= 0.6 is 11.8 Å². The molecule has 1 saturated carbocycles. The Morgan fingerprint density at radius 1 is 1.26 bits per heavy atom. The molecule has 1 fully saturated rings. The number of hydrogen-bond donors (Lipinski definition) is 1. The maximum Gasteiger partial charge on any atom is 0.234 e. The van der Waals surface area contributed by atoms with E-state index in [0.717, 1.165) is 23.2 Å². The van der Waals surface area contributed by atoms with Gasteiger partial charge in [-0.1, -0.05) is 42.8 Å². The van der Waals surface area contributed by atoms with Gasteiger partial charge in [0, 0.05) is 18.2 Å². The molecular weight excluding hydrogens is 308 g/mol. The van der Waals surface area contributed by atoms with E-state index in [2.05, 4.69) is 27.0 Å². The minimum Gasteiger partial charge on any atom is -0.325 e. The number of carbonyl (C=O) groups is 1. The summed E-state index contributed by atoms with van der Waals surface area (Å²) in [6.45, 7) is 2.96. The zero-order valence-corrected chi connectivity index (χ0v) is 14.2. The number of para-hydroxylation sites is 1. The minimum atomic E-state index is -0.0192. The molecule has 1 aromatic carbocycles. The first-order chi connectivity index (χ1) is 11.3. The summed E-state index contributed by atoms with van der Waals surface area (Å²) in [4.78, 5) is 12.1. The van der Waals surface area contributed by atoms with E-state index in [1.807, 2.05) is 30.3 Å². The normalized spacial score (nSPS) is 15.0. The molecule has 1 aliphatic carbocycles. The summed E-state index contributed by atoms with van der Waals surface area (Å²) in [7, 11) is 0. The number of hydrogen-bond acceptors (Lipinski definition) is 4. The summed E-state index contributed by atoms with van der Waals surface area (Å²) in [6, 6.07) is 9.51. The van der Waals surface area contributed by atoms with Crippen LogP contribution in [0.1, 0.15) is 44.3 Å². The molecule has 2 aromatic rings. The number of rotatable bonds is 6. The molecule has 1 aliphatic rings. The highest BCUT2D eigenvalue weighted by molar-refractivity contribution is 7.99. The largest absolute Gasteiger partial charge is 0.325 e. The van der Waals surface area contributed by atoms with Crippen molar-refractivity contribution in [3.05, 3.63) is 36.2 Å². The molecular formula is C17H22N4OS. The van der Waals surface area contributed by atoms with Crippen LogP contribution in [-0.2, 0) is 11.3 Å². The van der Waals surface area contributed by atoms with Gasteiger partial charge in [-0.2, -0.15) is 0 Å². The molecule has 0 spiro atoms. The lowest BCUT2D eigenvalue weighted by molar-refractivity contribution is -0.113. The molecule has 1 amide bonds. The first kappa shape index (κ1) is 16.1. The lowest BCUT2D eigenvalue weighted by Gasteiger charge is -2.11. The lowest BCUT2D eigenvalue weighted by Crippen LogP contribution is -2.14. The number of nitrogens with zero attached hydrogens (tertiary/aromatic N) is 3. The summed E-state index contributed by atoms with van der Waals surface area (Å²) in [5, 5.41) is 12.4. The van der Waals surface area contributed by atoms with E-state index >= 15 is 0 Å². The van der Waals surface area contributed by atoms with Crippen LogP contribution in [-0.4, -0.2) is 26.4 Å². The Kier molecular flexibility index (Phi) is 5.33. The van der Waals surface area contributed by atoms with Gasteiger partial charge in [-0.15, -0.1) is 10.2 Å². The summed E-state index contributed by atoms with van der Waals surface area (Å²) in [5.74, 6) is 1.96. The second kappa shape index (κ2) is 7.64. The van der Waals surface area contributed by atoms with Crippen LogP contribution in [0.2, 0.25) is 0 Å². The van der Waals surface area contributed by atoms with Crippen molar-refractivity contribution in [2.45, 2.75) is 50.2 Å². The van der Waals surface area contributed by atoms with Crippen molar-refractivity contribution in [3.8, 4) is 0 Å². The minimum absolute atomic E-state index is 0.0192. The van der Waals surface area contributed by atoms with E-state index in [-0.39, 0.29) is 5.91 Å². The van der Waals surface area contributed by atoms with Gasteiger partial charge in [0.2, 0.25) is 5.91 Å². The zero-order valence-electron chi connectivity index (χ0n) is 13.4. The Hall–Kier alpha value is -1.82. The van der Waals surface area contributed by atoms with Crippen LogP contribution < -0.4 is 5.32 Å². The molecule has 23 heavy (non-hydrogen) atoms. The van der Waals surface area contributed by atoms with Gasteiger partial charge in [-0.05, 0) is 31.9 Å². The first-order valence-electron chi connectivity index (χ1n) is 8.18. The number of benzene rings is 1. The van der Waals surface area contributed by atoms with Crippen LogP contribution in [0, 0.1) is 0 Å². The van der Waals surface area contributed by atoms with Crippen LogP contribution in [0.5, 0.6) is 0 Å². The number of thioether (sulfide) groups is 1. The number of carbonyl (C=O) groups excluding carboxylic acids is 1. The third-order valence-corrected chi connectivity index (χ3v) is 5.14. The Labute approximate surface area is 140 Å². The van der Waals surface area contributed by atoms with Crippen LogP contribution in [0.15, 0.2) is 35.5 Å². The van der Waals surface area contributed by atoms with Crippen molar-refractivity contribution < 1.29 is 4.79 Å². The third-order valence-electron chi connectivity index (χ3n) is 4.17. The second-order valence-corrected chi connectivity index (χ2v) is 6.71. The van der Waals surface area contributed by atoms with Crippen molar-refractivity contribution in [3.63, 3.8) is 0 Å². The van der Waals surface area contributed by atoms with Crippen LogP contribution in [0.25, 0.3) is 0 Å². The molecule has 3 rings (SSSR count). The highest BCUT2D eigenvalue weighted by Crippen LogP contribution is 2.34. The molecule has 0 bridgehead atoms. The Morgan fingerprint density at radius 3 is 2.70 bits per heavy atom. The molecule has 0 aliphatic heterocycles. The maximum atomic E-state index is 12.1. The Balaban J connectivity index is 1.60. The standard InChI is InChI=1S/C17H22N4OS/c1-2-21-16(13-8-6-7-9-13)19-20-17(21)23-12-15(22)18-14-10-4-3-5-11-14/h3-5,10-11,13H,2,6-9,12H2,1H3,(H,18,22). The fourth-order valence-electron chi connectivity index (χ4n) is 3.04. The monoisotopic (exact) mass is 330 g/mol. The molecule has 0 saturated heterocycles. The van der Waals surface area contributed by atoms with Gasteiger partial charge in [0.1, 0.15) is 5.82 Å². The highest BCUT2D eigenvalue weighted by atomic mass is 32.2. The molecule has 0 atom stereocenters. The summed E-state index contributed by atoms with van der Waals surface area (Å²) in [5.41, 5.74) is 0.821. The Bertz CT molecular complexity index is 650. The molecule has 1 heterocycles. The molecule has 6 heteroatoms. The van der Waals surface area contributed by atoms with E-state index in [1.54, 1.807) is 0 Å². The highest BCUT2D eigenvalue weighted by Gasteiger charge is 2.24. The number of nitrogens with one attached hydrogen (secondary N) is 1. The van der Waals surface area contributed by atoms with E-state index in [4.69, 9.17) is 0 Å². The van der Waals surface area contributed by atoms with Gasteiger partial charge < -0.3 is 9.88 Å². The average Bonchev–Trinajstić information content (AvgIpc) is 3.22. The van der Waals surface area contributed by atoms with Gasteiger partial charge >= 0.3 is 0 Å². The lowest BCUT2D eigenvalue weighted by atomic mass is 10.1. The molecule has 122 valence electrons. The predicted molar refractivity (Wildman–Crippen MR) is 92.7 cm³/mol. The smallest absolute Gasteiger partial charge is 0.234 e. The molecule has 1 N–H and O–H groups in total. The molecule has 0 radical (unpaired) electrons. The topological polar surface area (TPSA) is 59.8 Å². The quantitative estimate of drug-likeness (QED) is 0.821. The van der Waals surface area contributed by atoms with Gasteiger partial charge in [0.25, 0.3) is 0 Å². The second-order valence-electron chi connectivity index (χ2n) is 5.77. The summed E-state index contributed by atoms with van der Waals surface area (Å²) < 4.78 is 2.16. The van der Waals surface area contributed by atoms with E-state index in [9.17, 15) is 4.79 Å². The molecule has 0 unspecified atom stereocenters. The fourth-order valence-corrected chi connectivity index (χ4v) is 3.85. The van der Waals surface area contributed by atoms with E-state index in [0.29, 0.717) is 11.7 Å². The fraction of sp³-hybridized carbons (Fsp3) is 0.471. The van der Waals surface area contributed by atoms with Crippen LogP contribution in [0.4, 0.5) is 5.69 Å². The average molecular weight is 330 g/mol. The van der Waals surface area contributed by atoms with Gasteiger partial charge in [0.15, 0.2) is 5.16 Å².